The molecule has 0 fully saturated rings. The summed E-state index contributed by atoms with van der Waals surface area (Å²) in [6.07, 6.45) is -4.43. The maximum absolute atomic E-state index is 10.2. The Balaban J connectivity index is 2.51. The number of para-hydroxylation sites is 2. The first-order valence-corrected chi connectivity index (χ1v) is 5.16. The lowest BCUT2D eigenvalue weighted by Crippen LogP contribution is -2.45. The molecule has 0 heterocycles. The lowest BCUT2D eigenvalue weighted by atomic mass is 10.3. The summed E-state index contributed by atoms with van der Waals surface area (Å²) in [5, 5.41) is 28.8. The molecule has 0 saturated carbocycles. The van der Waals surface area contributed by atoms with Crippen molar-refractivity contribution >= 4 is 6.09 Å². The second kappa shape index (κ2) is 6.67. The molecule has 0 bridgehead atoms. The summed E-state index contributed by atoms with van der Waals surface area (Å²) in [6.45, 7) is -0.276. The molecule has 1 amide bonds. The standard InChI is InChI=1S/C11H15NO6/c1-17-8-4-2-3-5-9(8)18-6-7(13)10(14)12-11(15)16/h2-5,7,10,12-14H,6H2,1H3,(H,15,16). The molecule has 100 valence electrons. The summed E-state index contributed by atoms with van der Waals surface area (Å²) in [6, 6.07) is 6.77. The second-order valence-electron chi connectivity index (χ2n) is 3.42. The zero-order valence-electron chi connectivity index (χ0n) is 9.74. The zero-order chi connectivity index (χ0) is 13.5. The molecule has 0 aliphatic carbocycles. The van der Waals surface area contributed by atoms with Gasteiger partial charge in [-0.15, -0.1) is 0 Å². The van der Waals surface area contributed by atoms with E-state index in [-0.39, 0.29) is 6.61 Å². The van der Waals surface area contributed by atoms with Gasteiger partial charge in [-0.3, -0.25) is 5.32 Å². The van der Waals surface area contributed by atoms with Crippen molar-refractivity contribution in [2.75, 3.05) is 13.7 Å². The molecular formula is C11H15NO6. The van der Waals surface area contributed by atoms with Crippen LogP contribution in [0, 0.1) is 0 Å². The Morgan fingerprint density at radius 1 is 1.33 bits per heavy atom. The number of hydrogen-bond acceptors (Lipinski definition) is 5. The third-order valence-electron chi connectivity index (χ3n) is 2.11. The van der Waals surface area contributed by atoms with Crippen LogP contribution in [0.1, 0.15) is 0 Å². The SMILES string of the molecule is COc1ccccc1OCC(O)C(O)NC(=O)O. The average Bonchev–Trinajstić information content (AvgIpc) is 2.35. The predicted octanol–water partition coefficient (Wildman–Crippen LogP) is 0.0209. The van der Waals surface area contributed by atoms with E-state index in [0.717, 1.165) is 0 Å². The number of carboxylic acid groups (broad SMARTS) is 1. The normalized spacial score (nSPS) is 13.5. The fourth-order valence-corrected chi connectivity index (χ4v) is 1.23. The van der Waals surface area contributed by atoms with Crippen LogP contribution in [-0.4, -0.2) is 47.5 Å². The Morgan fingerprint density at radius 2 is 1.94 bits per heavy atom. The number of aliphatic hydroxyl groups excluding tert-OH is 2. The minimum Gasteiger partial charge on any atom is -0.493 e. The number of ether oxygens (including phenoxy) is 2. The average molecular weight is 257 g/mol. The molecular weight excluding hydrogens is 242 g/mol. The molecule has 4 N–H and O–H groups in total. The highest BCUT2D eigenvalue weighted by Gasteiger charge is 2.19. The van der Waals surface area contributed by atoms with E-state index < -0.39 is 18.4 Å². The van der Waals surface area contributed by atoms with E-state index in [9.17, 15) is 15.0 Å². The smallest absolute Gasteiger partial charge is 0.406 e. The molecule has 1 aromatic carbocycles. The molecule has 0 saturated heterocycles. The van der Waals surface area contributed by atoms with Crippen LogP contribution >= 0.6 is 0 Å². The Labute approximate surface area is 104 Å². The largest absolute Gasteiger partial charge is 0.493 e. The van der Waals surface area contributed by atoms with Gasteiger partial charge in [-0.2, -0.15) is 0 Å². The molecule has 1 aromatic rings. The fourth-order valence-electron chi connectivity index (χ4n) is 1.23. The predicted molar refractivity (Wildman–Crippen MR) is 61.7 cm³/mol. The summed E-state index contributed by atoms with van der Waals surface area (Å²) in [7, 11) is 1.47. The van der Waals surface area contributed by atoms with Gasteiger partial charge in [0.25, 0.3) is 0 Å². The van der Waals surface area contributed by atoms with Crippen LogP contribution in [-0.2, 0) is 0 Å². The van der Waals surface area contributed by atoms with Gasteiger partial charge in [0.05, 0.1) is 7.11 Å². The molecule has 0 aromatic heterocycles. The Hall–Kier alpha value is -1.99. The number of rotatable bonds is 6. The second-order valence-corrected chi connectivity index (χ2v) is 3.42. The van der Waals surface area contributed by atoms with Gasteiger partial charge >= 0.3 is 6.09 Å². The highest BCUT2D eigenvalue weighted by molar-refractivity contribution is 5.64. The molecule has 0 aliphatic rings. The van der Waals surface area contributed by atoms with Crippen LogP contribution in [0.15, 0.2) is 24.3 Å². The summed E-state index contributed by atoms with van der Waals surface area (Å²) in [5.41, 5.74) is 0. The zero-order valence-corrected chi connectivity index (χ0v) is 9.74. The molecule has 0 spiro atoms. The van der Waals surface area contributed by atoms with Crippen LogP contribution in [0.4, 0.5) is 4.79 Å². The highest BCUT2D eigenvalue weighted by atomic mass is 16.5. The van der Waals surface area contributed by atoms with Gasteiger partial charge in [-0.05, 0) is 12.1 Å². The van der Waals surface area contributed by atoms with Crippen molar-refractivity contribution in [3.8, 4) is 11.5 Å². The van der Waals surface area contributed by atoms with Crippen LogP contribution in [0.3, 0.4) is 0 Å². The van der Waals surface area contributed by atoms with E-state index in [4.69, 9.17) is 14.6 Å². The van der Waals surface area contributed by atoms with E-state index in [1.54, 1.807) is 29.6 Å². The van der Waals surface area contributed by atoms with E-state index in [1.165, 1.54) is 7.11 Å². The molecule has 2 atom stereocenters. The van der Waals surface area contributed by atoms with E-state index >= 15 is 0 Å². The van der Waals surface area contributed by atoms with Crippen LogP contribution in [0.2, 0.25) is 0 Å². The first-order chi connectivity index (χ1) is 8.54. The van der Waals surface area contributed by atoms with E-state index in [2.05, 4.69) is 0 Å². The summed E-state index contributed by atoms with van der Waals surface area (Å²) >= 11 is 0. The van der Waals surface area contributed by atoms with Gasteiger partial charge in [0.15, 0.2) is 17.7 Å². The molecule has 7 heteroatoms. The highest BCUT2D eigenvalue weighted by Crippen LogP contribution is 2.25. The fraction of sp³-hybridized carbons (Fsp3) is 0.364. The number of hydrogen-bond donors (Lipinski definition) is 4. The molecule has 18 heavy (non-hydrogen) atoms. The monoisotopic (exact) mass is 257 g/mol. The number of aliphatic hydroxyl groups is 2. The van der Waals surface area contributed by atoms with Gasteiger partial charge in [0.1, 0.15) is 12.7 Å². The molecule has 0 aliphatic heterocycles. The topological polar surface area (TPSA) is 108 Å². The lowest BCUT2D eigenvalue weighted by molar-refractivity contribution is -0.0223. The summed E-state index contributed by atoms with van der Waals surface area (Å²) in [5.74, 6) is 0.868. The minimum absolute atomic E-state index is 0.276. The third kappa shape index (κ3) is 4.11. The quantitative estimate of drug-likeness (QED) is 0.535. The summed E-state index contributed by atoms with van der Waals surface area (Å²) < 4.78 is 10.2. The van der Waals surface area contributed by atoms with Gasteiger partial charge in [0.2, 0.25) is 0 Å². The van der Waals surface area contributed by atoms with Crippen LogP contribution in [0.25, 0.3) is 0 Å². The van der Waals surface area contributed by atoms with E-state index in [0.29, 0.717) is 11.5 Å². The van der Waals surface area contributed by atoms with Crippen molar-refractivity contribution < 1.29 is 29.6 Å². The van der Waals surface area contributed by atoms with E-state index in [1.807, 2.05) is 0 Å². The van der Waals surface area contributed by atoms with Gasteiger partial charge in [-0.25, -0.2) is 4.79 Å². The Morgan fingerprint density at radius 3 is 2.50 bits per heavy atom. The lowest BCUT2D eigenvalue weighted by Gasteiger charge is -2.18. The van der Waals surface area contributed by atoms with Crippen molar-refractivity contribution in [1.29, 1.82) is 0 Å². The van der Waals surface area contributed by atoms with Crippen molar-refractivity contribution in [3.63, 3.8) is 0 Å². The first kappa shape index (κ1) is 14.1. The molecule has 0 radical (unpaired) electrons. The Kier molecular flexibility index (Phi) is 5.22. The van der Waals surface area contributed by atoms with Gasteiger partial charge in [0, 0.05) is 0 Å². The number of nitrogens with one attached hydrogen (secondary N) is 1. The summed E-state index contributed by atoms with van der Waals surface area (Å²) in [4.78, 5) is 10.2. The van der Waals surface area contributed by atoms with Crippen LogP contribution < -0.4 is 14.8 Å². The number of carbonyl (C=O) groups is 1. The van der Waals surface area contributed by atoms with Crippen molar-refractivity contribution in [1.82, 2.24) is 5.32 Å². The molecule has 7 nitrogen and oxygen atoms in total. The maximum Gasteiger partial charge on any atom is 0.406 e. The van der Waals surface area contributed by atoms with Crippen molar-refractivity contribution in [2.45, 2.75) is 12.3 Å². The first-order valence-electron chi connectivity index (χ1n) is 5.16. The Bertz CT molecular complexity index is 397. The van der Waals surface area contributed by atoms with Gasteiger partial charge in [-0.1, -0.05) is 12.1 Å². The number of amides is 1. The third-order valence-corrected chi connectivity index (χ3v) is 2.11. The minimum atomic E-state index is -1.61. The van der Waals surface area contributed by atoms with Crippen LogP contribution in [0.5, 0.6) is 11.5 Å². The van der Waals surface area contributed by atoms with Crippen molar-refractivity contribution in [3.05, 3.63) is 24.3 Å². The molecule has 2 unspecified atom stereocenters. The van der Waals surface area contributed by atoms with Crippen molar-refractivity contribution in [2.24, 2.45) is 0 Å². The number of methoxy groups -OCH3 is 1. The molecule has 1 rings (SSSR count). The maximum atomic E-state index is 10.2. The van der Waals surface area contributed by atoms with Gasteiger partial charge < -0.3 is 24.8 Å². The number of benzene rings is 1.